The molecule has 0 amide bonds. The lowest BCUT2D eigenvalue weighted by Gasteiger charge is -2.10. The molecule has 0 radical (unpaired) electrons. The molecule has 3 heteroatoms. The van der Waals surface area contributed by atoms with E-state index in [1.807, 2.05) is 54.7 Å². The fourth-order valence-electron chi connectivity index (χ4n) is 2.63. The molecule has 0 fully saturated rings. The van der Waals surface area contributed by atoms with Crippen molar-refractivity contribution in [3.8, 4) is 5.75 Å². The van der Waals surface area contributed by atoms with Crippen molar-refractivity contribution in [3.63, 3.8) is 0 Å². The lowest BCUT2D eigenvalue weighted by Crippen LogP contribution is -1.98. The van der Waals surface area contributed by atoms with Gasteiger partial charge in [-0.25, -0.2) is 0 Å². The van der Waals surface area contributed by atoms with Gasteiger partial charge in [-0.2, -0.15) is 0 Å². The second-order valence-corrected chi connectivity index (χ2v) is 5.11. The van der Waals surface area contributed by atoms with Gasteiger partial charge in [0, 0.05) is 28.7 Å². The van der Waals surface area contributed by atoms with Crippen LogP contribution in [-0.4, -0.2) is 9.97 Å². The predicted octanol–water partition coefficient (Wildman–Crippen LogP) is 4.36. The van der Waals surface area contributed by atoms with Gasteiger partial charge in [0.15, 0.2) is 0 Å². The Morgan fingerprint density at radius 3 is 2.14 bits per heavy atom. The van der Waals surface area contributed by atoms with E-state index in [9.17, 15) is 0 Å². The summed E-state index contributed by atoms with van der Waals surface area (Å²) in [7, 11) is 0. The summed E-state index contributed by atoms with van der Waals surface area (Å²) < 4.78 is 6.01. The van der Waals surface area contributed by atoms with Crippen LogP contribution in [0.4, 0.5) is 0 Å². The number of benzene rings is 2. The summed E-state index contributed by atoms with van der Waals surface area (Å²) in [5.74, 6) is 0.797. The molecule has 4 rings (SSSR count). The van der Waals surface area contributed by atoms with Gasteiger partial charge in [0.1, 0.15) is 17.9 Å². The van der Waals surface area contributed by atoms with Crippen LogP contribution in [0.5, 0.6) is 5.75 Å². The highest BCUT2D eigenvalue weighted by Gasteiger charge is 2.06. The molecule has 0 bridgehead atoms. The first-order chi connectivity index (χ1) is 10.9. The van der Waals surface area contributed by atoms with Gasteiger partial charge in [-0.3, -0.25) is 9.97 Å². The number of ether oxygens (including phenoxy) is 1. The summed E-state index contributed by atoms with van der Waals surface area (Å²) in [6.45, 7) is 0.476. The molecule has 106 valence electrons. The Hall–Kier alpha value is -2.94. The number of rotatable bonds is 3. The molecule has 0 atom stereocenters. The van der Waals surface area contributed by atoms with E-state index in [0.717, 1.165) is 33.1 Å². The van der Waals surface area contributed by atoms with Crippen molar-refractivity contribution in [2.45, 2.75) is 6.61 Å². The van der Waals surface area contributed by atoms with Crippen LogP contribution < -0.4 is 4.74 Å². The molecule has 0 aliphatic carbocycles. The molecule has 4 aromatic rings. The number of nitrogens with zero attached hydrogens (tertiary/aromatic N) is 2. The van der Waals surface area contributed by atoms with E-state index >= 15 is 0 Å². The SMILES string of the molecule is c1cnc2c(COc3cccc4cccnc34)cccc2c1. The zero-order valence-corrected chi connectivity index (χ0v) is 11.9. The molecule has 3 nitrogen and oxygen atoms in total. The molecule has 0 aliphatic rings. The topological polar surface area (TPSA) is 35.0 Å². The van der Waals surface area contributed by atoms with E-state index in [4.69, 9.17) is 4.74 Å². The van der Waals surface area contributed by atoms with Crippen molar-refractivity contribution in [1.29, 1.82) is 0 Å². The van der Waals surface area contributed by atoms with Gasteiger partial charge in [-0.1, -0.05) is 42.5 Å². The lowest BCUT2D eigenvalue weighted by atomic mass is 10.1. The van der Waals surface area contributed by atoms with Gasteiger partial charge >= 0.3 is 0 Å². The molecular formula is C19H14N2O. The average molecular weight is 286 g/mol. The molecular weight excluding hydrogens is 272 g/mol. The second kappa shape index (κ2) is 5.45. The van der Waals surface area contributed by atoms with Crippen LogP contribution in [0.25, 0.3) is 21.8 Å². The average Bonchev–Trinajstić information content (AvgIpc) is 2.60. The first-order valence-corrected chi connectivity index (χ1v) is 7.21. The molecule has 0 unspecified atom stereocenters. The van der Waals surface area contributed by atoms with Gasteiger partial charge in [0.25, 0.3) is 0 Å². The first kappa shape index (κ1) is 12.8. The minimum atomic E-state index is 0.476. The third kappa shape index (κ3) is 2.27. The Morgan fingerprint density at radius 1 is 0.682 bits per heavy atom. The Kier molecular flexibility index (Phi) is 3.16. The highest BCUT2D eigenvalue weighted by Crippen LogP contribution is 2.25. The second-order valence-electron chi connectivity index (χ2n) is 5.11. The van der Waals surface area contributed by atoms with Crippen LogP contribution in [0.1, 0.15) is 5.56 Å². The fraction of sp³-hybridized carbons (Fsp3) is 0.0526. The van der Waals surface area contributed by atoms with Gasteiger partial charge in [0.05, 0.1) is 5.52 Å². The molecule has 22 heavy (non-hydrogen) atoms. The Labute approximate surface area is 128 Å². The lowest BCUT2D eigenvalue weighted by molar-refractivity contribution is 0.310. The fourth-order valence-corrected chi connectivity index (χ4v) is 2.63. The maximum absolute atomic E-state index is 6.01. The maximum atomic E-state index is 6.01. The summed E-state index contributed by atoms with van der Waals surface area (Å²) in [5.41, 5.74) is 2.95. The van der Waals surface area contributed by atoms with E-state index in [1.54, 1.807) is 6.20 Å². The van der Waals surface area contributed by atoms with Crippen molar-refractivity contribution in [2.24, 2.45) is 0 Å². The van der Waals surface area contributed by atoms with Gasteiger partial charge in [-0.15, -0.1) is 0 Å². The van der Waals surface area contributed by atoms with E-state index in [0.29, 0.717) is 6.61 Å². The summed E-state index contributed by atoms with van der Waals surface area (Å²) in [6, 6.07) is 20.1. The molecule has 0 spiro atoms. The molecule has 2 aromatic carbocycles. The highest BCUT2D eigenvalue weighted by molar-refractivity contribution is 5.84. The molecule has 0 aliphatic heterocycles. The van der Waals surface area contributed by atoms with E-state index in [1.165, 1.54) is 0 Å². The number of fused-ring (bicyclic) bond motifs is 2. The minimum absolute atomic E-state index is 0.476. The van der Waals surface area contributed by atoms with Crippen LogP contribution in [0.15, 0.2) is 73.1 Å². The number of hydrogen-bond acceptors (Lipinski definition) is 3. The summed E-state index contributed by atoms with van der Waals surface area (Å²) in [4.78, 5) is 8.88. The van der Waals surface area contributed by atoms with Gasteiger partial charge < -0.3 is 4.74 Å². The smallest absolute Gasteiger partial charge is 0.146 e. The van der Waals surface area contributed by atoms with E-state index < -0.39 is 0 Å². The van der Waals surface area contributed by atoms with Gasteiger partial charge in [0.2, 0.25) is 0 Å². The third-order valence-corrected chi connectivity index (χ3v) is 3.70. The number of pyridine rings is 2. The quantitative estimate of drug-likeness (QED) is 0.561. The van der Waals surface area contributed by atoms with Crippen molar-refractivity contribution in [1.82, 2.24) is 9.97 Å². The van der Waals surface area contributed by atoms with Crippen LogP contribution in [0.3, 0.4) is 0 Å². The number of para-hydroxylation sites is 2. The number of hydrogen-bond donors (Lipinski definition) is 0. The Bertz CT molecular complexity index is 860. The third-order valence-electron chi connectivity index (χ3n) is 3.70. The Balaban J connectivity index is 1.69. The van der Waals surface area contributed by atoms with E-state index in [-0.39, 0.29) is 0 Å². The predicted molar refractivity (Wildman–Crippen MR) is 87.8 cm³/mol. The minimum Gasteiger partial charge on any atom is -0.487 e. The molecule has 2 aromatic heterocycles. The van der Waals surface area contributed by atoms with Crippen molar-refractivity contribution in [3.05, 3.63) is 78.6 Å². The Morgan fingerprint density at radius 2 is 1.32 bits per heavy atom. The van der Waals surface area contributed by atoms with Crippen LogP contribution >= 0.6 is 0 Å². The summed E-state index contributed by atoms with van der Waals surface area (Å²) >= 11 is 0. The van der Waals surface area contributed by atoms with Gasteiger partial charge in [-0.05, 0) is 18.2 Å². The van der Waals surface area contributed by atoms with Crippen LogP contribution in [0, 0.1) is 0 Å². The zero-order chi connectivity index (χ0) is 14.8. The first-order valence-electron chi connectivity index (χ1n) is 7.21. The maximum Gasteiger partial charge on any atom is 0.146 e. The van der Waals surface area contributed by atoms with Crippen molar-refractivity contribution in [2.75, 3.05) is 0 Å². The molecule has 0 N–H and O–H groups in total. The largest absolute Gasteiger partial charge is 0.487 e. The molecule has 2 heterocycles. The number of aromatic nitrogens is 2. The normalized spacial score (nSPS) is 10.9. The summed E-state index contributed by atoms with van der Waals surface area (Å²) in [6.07, 6.45) is 3.60. The van der Waals surface area contributed by atoms with Crippen molar-refractivity contribution >= 4 is 21.8 Å². The van der Waals surface area contributed by atoms with Crippen molar-refractivity contribution < 1.29 is 4.74 Å². The van der Waals surface area contributed by atoms with Crippen LogP contribution in [-0.2, 0) is 6.61 Å². The molecule has 0 saturated heterocycles. The summed E-state index contributed by atoms with van der Waals surface area (Å²) in [5, 5.41) is 2.20. The monoisotopic (exact) mass is 286 g/mol. The van der Waals surface area contributed by atoms with E-state index in [2.05, 4.69) is 22.1 Å². The molecule has 0 saturated carbocycles. The zero-order valence-electron chi connectivity index (χ0n) is 11.9. The highest BCUT2D eigenvalue weighted by atomic mass is 16.5. The van der Waals surface area contributed by atoms with Crippen LogP contribution in [0.2, 0.25) is 0 Å². The standard InChI is InChI=1S/C19H14N2O/c1-5-14-8-3-11-20-18(14)16(7-1)13-22-17-10-2-6-15-9-4-12-21-19(15)17/h1-12H,13H2.